The Kier molecular flexibility index (Phi) is 6.77. The third kappa shape index (κ3) is 4.82. The Hall–Kier alpha value is -3.28. The Morgan fingerprint density at radius 3 is 2.57 bits per heavy atom. The van der Waals surface area contributed by atoms with Crippen molar-refractivity contribution in [2.75, 3.05) is 6.61 Å². The molecule has 1 atom stereocenters. The van der Waals surface area contributed by atoms with Crippen LogP contribution in [-0.2, 0) is 9.53 Å². The highest BCUT2D eigenvalue weighted by molar-refractivity contribution is 5.79. The molecule has 0 saturated carbocycles. The summed E-state index contributed by atoms with van der Waals surface area (Å²) in [6.45, 7) is 8.00. The van der Waals surface area contributed by atoms with E-state index in [2.05, 4.69) is 13.8 Å². The van der Waals surface area contributed by atoms with Gasteiger partial charge in [-0.2, -0.15) is 0 Å². The average molecular weight is 410 g/mol. The van der Waals surface area contributed by atoms with Crippen LogP contribution < -0.4 is 14.9 Å². The summed E-state index contributed by atoms with van der Waals surface area (Å²) in [5, 5.41) is 0.364. The zero-order chi connectivity index (χ0) is 21.7. The molecule has 0 N–H and O–H groups in total. The lowest BCUT2D eigenvalue weighted by molar-refractivity contribution is -0.151. The molecule has 0 amide bonds. The summed E-state index contributed by atoms with van der Waals surface area (Å²) in [4.78, 5) is 24.8. The van der Waals surface area contributed by atoms with Crippen molar-refractivity contribution in [3.63, 3.8) is 0 Å². The molecule has 30 heavy (non-hydrogen) atoms. The summed E-state index contributed by atoms with van der Waals surface area (Å²) in [5.74, 6) is 0.954. The summed E-state index contributed by atoms with van der Waals surface area (Å²) in [7, 11) is 0. The summed E-state index contributed by atoms with van der Waals surface area (Å²) >= 11 is 0. The molecule has 1 aromatic heterocycles. The maximum Gasteiger partial charge on any atom is 0.347 e. The zero-order valence-corrected chi connectivity index (χ0v) is 17.6. The molecule has 6 heteroatoms. The molecule has 3 aromatic rings. The molecule has 0 bridgehead atoms. The molecular weight excluding hydrogens is 384 g/mol. The molecule has 0 aliphatic rings. The Bertz CT molecular complexity index is 1080. The van der Waals surface area contributed by atoms with Gasteiger partial charge in [0.15, 0.2) is 6.10 Å². The van der Waals surface area contributed by atoms with Gasteiger partial charge in [0.2, 0.25) is 11.2 Å². The molecule has 0 radical (unpaired) electrons. The van der Waals surface area contributed by atoms with Crippen LogP contribution in [0.25, 0.3) is 11.0 Å². The minimum Gasteiger partial charge on any atom is -0.479 e. The standard InChI is InChI=1S/C24H26O6/c1-5-12-27-24(26)16(4)29-17-10-11-19-21(13-17)28-14-22(23(19)25)30-20-9-7-6-8-18(20)15(2)3/h6-11,13-16H,5,12H2,1-4H3/t16-/m1/s1. The summed E-state index contributed by atoms with van der Waals surface area (Å²) in [6.07, 6.45) is 1.27. The van der Waals surface area contributed by atoms with Crippen molar-refractivity contribution in [1.29, 1.82) is 0 Å². The van der Waals surface area contributed by atoms with E-state index in [0.717, 1.165) is 12.0 Å². The molecular formula is C24H26O6. The number of esters is 1. The van der Waals surface area contributed by atoms with Crippen molar-refractivity contribution in [2.24, 2.45) is 0 Å². The second-order valence-corrected chi connectivity index (χ2v) is 7.31. The number of carbonyl (C=O) groups excluding carboxylic acids is 1. The van der Waals surface area contributed by atoms with E-state index >= 15 is 0 Å². The first kappa shape index (κ1) is 21.4. The van der Waals surface area contributed by atoms with Gasteiger partial charge in [0.25, 0.3) is 0 Å². The predicted molar refractivity (Wildman–Crippen MR) is 114 cm³/mol. The Morgan fingerprint density at radius 2 is 1.83 bits per heavy atom. The SMILES string of the molecule is CCCOC(=O)[C@@H](C)Oc1ccc2c(=O)c(Oc3ccccc3C(C)C)coc2c1. The normalized spacial score (nSPS) is 12.0. The van der Waals surface area contributed by atoms with Gasteiger partial charge in [0, 0.05) is 6.07 Å². The van der Waals surface area contributed by atoms with E-state index in [4.69, 9.17) is 18.6 Å². The van der Waals surface area contributed by atoms with Crippen molar-refractivity contribution in [3.8, 4) is 17.2 Å². The molecule has 0 unspecified atom stereocenters. The second kappa shape index (κ2) is 9.48. The van der Waals surface area contributed by atoms with Crippen molar-refractivity contribution in [2.45, 2.75) is 46.1 Å². The Morgan fingerprint density at radius 1 is 1.07 bits per heavy atom. The van der Waals surface area contributed by atoms with Crippen LogP contribution in [0.4, 0.5) is 0 Å². The molecule has 0 aliphatic carbocycles. The maximum atomic E-state index is 12.9. The second-order valence-electron chi connectivity index (χ2n) is 7.31. The van der Waals surface area contributed by atoms with Gasteiger partial charge in [0.1, 0.15) is 23.3 Å². The molecule has 158 valence electrons. The van der Waals surface area contributed by atoms with Crippen LogP contribution in [0, 0.1) is 0 Å². The van der Waals surface area contributed by atoms with Crippen LogP contribution in [0.5, 0.6) is 17.2 Å². The van der Waals surface area contributed by atoms with Crippen LogP contribution in [0.15, 0.2) is 57.9 Å². The van der Waals surface area contributed by atoms with E-state index in [1.807, 2.05) is 31.2 Å². The van der Waals surface area contributed by atoms with Crippen molar-refractivity contribution in [3.05, 3.63) is 64.5 Å². The average Bonchev–Trinajstić information content (AvgIpc) is 2.74. The number of carbonyl (C=O) groups is 1. The van der Waals surface area contributed by atoms with Gasteiger partial charge >= 0.3 is 5.97 Å². The first-order valence-corrected chi connectivity index (χ1v) is 10.1. The number of hydrogen-bond donors (Lipinski definition) is 0. The summed E-state index contributed by atoms with van der Waals surface area (Å²) in [5.41, 5.74) is 1.07. The minimum atomic E-state index is -0.768. The highest BCUT2D eigenvalue weighted by Gasteiger charge is 2.17. The fourth-order valence-corrected chi connectivity index (χ4v) is 2.98. The fourth-order valence-electron chi connectivity index (χ4n) is 2.98. The third-order valence-electron chi connectivity index (χ3n) is 4.57. The monoisotopic (exact) mass is 410 g/mol. The zero-order valence-electron chi connectivity index (χ0n) is 17.6. The van der Waals surface area contributed by atoms with Crippen molar-refractivity contribution >= 4 is 16.9 Å². The van der Waals surface area contributed by atoms with Gasteiger partial charge in [-0.15, -0.1) is 0 Å². The molecule has 2 aromatic carbocycles. The van der Waals surface area contributed by atoms with E-state index < -0.39 is 12.1 Å². The highest BCUT2D eigenvalue weighted by Crippen LogP contribution is 2.30. The van der Waals surface area contributed by atoms with Crippen LogP contribution in [0.1, 0.15) is 45.6 Å². The van der Waals surface area contributed by atoms with Crippen LogP contribution in [0.2, 0.25) is 0 Å². The Balaban J connectivity index is 1.83. The molecule has 0 spiro atoms. The van der Waals surface area contributed by atoms with Crippen molar-refractivity contribution < 1.29 is 23.4 Å². The van der Waals surface area contributed by atoms with E-state index in [0.29, 0.717) is 29.1 Å². The van der Waals surface area contributed by atoms with E-state index in [1.54, 1.807) is 25.1 Å². The van der Waals surface area contributed by atoms with Gasteiger partial charge in [-0.1, -0.05) is 39.0 Å². The van der Waals surface area contributed by atoms with Gasteiger partial charge in [-0.25, -0.2) is 4.79 Å². The van der Waals surface area contributed by atoms with Crippen molar-refractivity contribution in [1.82, 2.24) is 0 Å². The van der Waals surface area contributed by atoms with E-state index in [1.165, 1.54) is 6.26 Å². The number of benzene rings is 2. The lowest BCUT2D eigenvalue weighted by Crippen LogP contribution is -2.26. The van der Waals surface area contributed by atoms with Gasteiger partial charge < -0.3 is 18.6 Å². The largest absolute Gasteiger partial charge is 0.479 e. The first-order valence-electron chi connectivity index (χ1n) is 10.1. The number of para-hydroxylation sites is 1. The van der Waals surface area contributed by atoms with Gasteiger partial charge in [-0.05, 0) is 43.0 Å². The van der Waals surface area contributed by atoms with Gasteiger partial charge in [-0.3, -0.25) is 4.79 Å². The number of hydrogen-bond acceptors (Lipinski definition) is 6. The smallest absolute Gasteiger partial charge is 0.347 e. The summed E-state index contributed by atoms with van der Waals surface area (Å²) in [6, 6.07) is 12.4. The molecule has 0 saturated heterocycles. The van der Waals surface area contributed by atoms with E-state index in [9.17, 15) is 9.59 Å². The number of rotatable bonds is 8. The minimum absolute atomic E-state index is 0.112. The lowest BCUT2D eigenvalue weighted by atomic mass is 10.0. The van der Waals surface area contributed by atoms with Crippen LogP contribution in [0.3, 0.4) is 0 Å². The number of fused-ring (bicyclic) bond motifs is 1. The number of ether oxygens (including phenoxy) is 3. The molecule has 1 heterocycles. The van der Waals surface area contributed by atoms with Crippen LogP contribution in [-0.4, -0.2) is 18.7 Å². The molecule has 3 rings (SSSR count). The lowest BCUT2D eigenvalue weighted by Gasteiger charge is -2.14. The highest BCUT2D eigenvalue weighted by atomic mass is 16.6. The summed E-state index contributed by atoms with van der Waals surface area (Å²) < 4.78 is 22.2. The Labute approximate surface area is 175 Å². The van der Waals surface area contributed by atoms with Gasteiger partial charge in [0.05, 0.1) is 12.0 Å². The van der Waals surface area contributed by atoms with Crippen LogP contribution >= 0.6 is 0 Å². The molecule has 0 aliphatic heterocycles. The van der Waals surface area contributed by atoms with E-state index in [-0.39, 0.29) is 17.1 Å². The maximum absolute atomic E-state index is 12.9. The molecule has 0 fully saturated rings. The first-order chi connectivity index (χ1) is 14.4. The quantitative estimate of drug-likeness (QED) is 0.461. The molecule has 6 nitrogen and oxygen atoms in total. The fraction of sp³-hybridized carbons (Fsp3) is 0.333. The third-order valence-corrected chi connectivity index (χ3v) is 4.57. The predicted octanol–water partition coefficient (Wildman–Crippen LogP) is 5.43. The topological polar surface area (TPSA) is 75.0 Å².